The van der Waals surface area contributed by atoms with E-state index in [2.05, 4.69) is 35.6 Å². The van der Waals surface area contributed by atoms with Crippen LogP contribution in [-0.4, -0.2) is 55.2 Å². The van der Waals surface area contributed by atoms with E-state index in [-0.39, 0.29) is 29.5 Å². The first-order valence-electron chi connectivity index (χ1n) is 11.3. The van der Waals surface area contributed by atoms with E-state index in [1.54, 1.807) is 24.1 Å². The lowest BCUT2D eigenvalue weighted by Gasteiger charge is -2.40. The van der Waals surface area contributed by atoms with Crippen LogP contribution in [0.4, 0.5) is 17.3 Å². The molecule has 1 saturated heterocycles. The van der Waals surface area contributed by atoms with Crippen LogP contribution in [0.1, 0.15) is 65.4 Å². The standard InChI is InChI=1S/C22H27N9O3/c1-12-15(27-21(33)16-11-34-22(28-16)13-5-6-13)4-3-7-31(12)17-9-24-18(19(23)32)20(29-17)26-14-8-25-30(2)10-14/h8-13,15H,3-7H2,1-2H3,(H2,23,32)(H,26,29)(H,27,33)/t12-,15-/m1/s1. The van der Waals surface area contributed by atoms with Crippen LogP contribution in [0, 0.1) is 0 Å². The van der Waals surface area contributed by atoms with Crippen LogP contribution in [0.5, 0.6) is 0 Å². The van der Waals surface area contributed by atoms with Crippen LogP contribution in [0.3, 0.4) is 0 Å². The Morgan fingerprint density at radius 1 is 1.21 bits per heavy atom. The maximum Gasteiger partial charge on any atom is 0.273 e. The highest BCUT2D eigenvalue weighted by Gasteiger charge is 2.33. The number of aromatic nitrogens is 5. The fourth-order valence-electron chi connectivity index (χ4n) is 4.22. The van der Waals surface area contributed by atoms with Gasteiger partial charge in [0.05, 0.1) is 18.1 Å². The average Bonchev–Trinajstić information content (AvgIpc) is 3.39. The van der Waals surface area contributed by atoms with E-state index in [4.69, 9.17) is 10.2 Å². The molecule has 1 aliphatic carbocycles. The number of amides is 2. The number of hydrogen-bond donors (Lipinski definition) is 3. The molecule has 0 bridgehead atoms. The van der Waals surface area contributed by atoms with Crippen molar-refractivity contribution in [2.75, 3.05) is 16.8 Å². The summed E-state index contributed by atoms with van der Waals surface area (Å²) in [7, 11) is 1.79. The van der Waals surface area contributed by atoms with E-state index in [1.165, 1.54) is 12.5 Å². The van der Waals surface area contributed by atoms with Gasteiger partial charge in [-0.15, -0.1) is 0 Å². The van der Waals surface area contributed by atoms with Crippen molar-refractivity contribution in [1.29, 1.82) is 0 Å². The highest BCUT2D eigenvalue weighted by Crippen LogP contribution is 2.39. The highest BCUT2D eigenvalue weighted by atomic mass is 16.3. The number of primary amides is 1. The smallest absolute Gasteiger partial charge is 0.273 e. The van der Waals surface area contributed by atoms with Crippen molar-refractivity contribution < 1.29 is 14.0 Å². The zero-order valence-corrected chi connectivity index (χ0v) is 19.1. The van der Waals surface area contributed by atoms with Crippen LogP contribution in [0.15, 0.2) is 29.3 Å². The van der Waals surface area contributed by atoms with Gasteiger partial charge in [-0.1, -0.05) is 0 Å². The van der Waals surface area contributed by atoms with Crippen LogP contribution in [0.2, 0.25) is 0 Å². The maximum absolute atomic E-state index is 12.8. The van der Waals surface area contributed by atoms with Crippen molar-refractivity contribution in [3.63, 3.8) is 0 Å². The van der Waals surface area contributed by atoms with Gasteiger partial charge in [-0.3, -0.25) is 14.3 Å². The minimum atomic E-state index is -0.680. The molecule has 2 amide bonds. The van der Waals surface area contributed by atoms with Gasteiger partial charge in [0.1, 0.15) is 12.1 Å². The Morgan fingerprint density at radius 2 is 2.03 bits per heavy atom. The molecule has 3 aromatic heterocycles. The Morgan fingerprint density at radius 3 is 2.74 bits per heavy atom. The number of aryl methyl sites for hydroxylation is 1. The molecule has 34 heavy (non-hydrogen) atoms. The van der Waals surface area contributed by atoms with E-state index >= 15 is 0 Å². The van der Waals surface area contributed by atoms with Gasteiger partial charge in [-0.2, -0.15) is 5.10 Å². The molecule has 0 unspecified atom stereocenters. The van der Waals surface area contributed by atoms with Gasteiger partial charge in [0.2, 0.25) is 0 Å². The lowest BCUT2D eigenvalue weighted by atomic mass is 9.97. The van der Waals surface area contributed by atoms with Gasteiger partial charge in [0.25, 0.3) is 11.8 Å². The summed E-state index contributed by atoms with van der Waals surface area (Å²) in [5.74, 6) is 0.903. The molecule has 0 aromatic carbocycles. The van der Waals surface area contributed by atoms with Gasteiger partial charge < -0.3 is 25.7 Å². The van der Waals surface area contributed by atoms with E-state index < -0.39 is 5.91 Å². The van der Waals surface area contributed by atoms with Crippen molar-refractivity contribution in [1.82, 2.24) is 30.0 Å². The van der Waals surface area contributed by atoms with Gasteiger partial charge in [0.15, 0.2) is 23.1 Å². The van der Waals surface area contributed by atoms with Gasteiger partial charge >= 0.3 is 0 Å². The molecule has 4 heterocycles. The second-order valence-corrected chi connectivity index (χ2v) is 8.82. The molecule has 12 nitrogen and oxygen atoms in total. The lowest BCUT2D eigenvalue weighted by Crippen LogP contribution is -2.54. The Labute approximate surface area is 195 Å². The lowest BCUT2D eigenvalue weighted by molar-refractivity contribution is 0.0918. The first kappa shape index (κ1) is 21.9. The summed E-state index contributed by atoms with van der Waals surface area (Å²) in [6, 6.07) is -0.179. The third-order valence-corrected chi connectivity index (χ3v) is 6.24. The van der Waals surface area contributed by atoms with Gasteiger partial charge in [0, 0.05) is 37.8 Å². The number of nitrogens with zero attached hydrogens (tertiary/aromatic N) is 6. The van der Waals surface area contributed by atoms with Crippen molar-refractivity contribution in [2.45, 2.75) is 50.6 Å². The van der Waals surface area contributed by atoms with E-state index in [1.807, 2.05) is 6.92 Å². The van der Waals surface area contributed by atoms with E-state index in [9.17, 15) is 9.59 Å². The fourth-order valence-corrected chi connectivity index (χ4v) is 4.22. The topological polar surface area (TPSA) is 157 Å². The molecule has 1 saturated carbocycles. The highest BCUT2D eigenvalue weighted by molar-refractivity contribution is 5.96. The number of rotatable bonds is 7. The van der Waals surface area contributed by atoms with Crippen LogP contribution >= 0.6 is 0 Å². The summed E-state index contributed by atoms with van der Waals surface area (Å²) < 4.78 is 7.09. The third kappa shape index (κ3) is 4.43. The number of oxazole rings is 1. The summed E-state index contributed by atoms with van der Waals surface area (Å²) in [5, 5.41) is 10.3. The molecule has 3 aromatic rings. The molecule has 178 valence electrons. The van der Waals surface area contributed by atoms with Gasteiger partial charge in [-0.05, 0) is 32.6 Å². The molecule has 1 aliphatic heterocycles. The largest absolute Gasteiger partial charge is 0.448 e. The van der Waals surface area contributed by atoms with Crippen molar-refractivity contribution in [3.05, 3.63) is 42.1 Å². The van der Waals surface area contributed by atoms with Crippen LogP contribution < -0.4 is 21.3 Å². The molecular weight excluding hydrogens is 438 g/mol. The molecule has 5 rings (SSSR count). The molecule has 2 fully saturated rings. The number of hydrogen-bond acceptors (Lipinski definition) is 9. The Balaban J connectivity index is 1.33. The Bertz CT molecular complexity index is 1220. The zero-order valence-electron chi connectivity index (χ0n) is 19.1. The third-order valence-electron chi connectivity index (χ3n) is 6.24. The first-order chi connectivity index (χ1) is 16.4. The van der Waals surface area contributed by atoms with Crippen molar-refractivity contribution in [2.24, 2.45) is 12.8 Å². The molecular formula is C22H27N9O3. The summed E-state index contributed by atoms with van der Waals surface area (Å²) in [6.45, 7) is 2.76. The number of piperidine rings is 1. The monoisotopic (exact) mass is 465 g/mol. The number of nitrogens with two attached hydrogens (primary N) is 1. The molecule has 0 radical (unpaired) electrons. The quantitative estimate of drug-likeness (QED) is 0.472. The summed E-state index contributed by atoms with van der Waals surface area (Å²) in [4.78, 5) is 40.0. The second-order valence-electron chi connectivity index (χ2n) is 8.82. The van der Waals surface area contributed by atoms with Crippen LogP contribution in [0.25, 0.3) is 0 Å². The van der Waals surface area contributed by atoms with E-state index in [0.29, 0.717) is 29.0 Å². The zero-order chi connectivity index (χ0) is 23.8. The Kier molecular flexibility index (Phi) is 5.64. The number of carbonyl (C=O) groups excluding carboxylic acids is 2. The molecule has 2 aliphatic rings. The maximum atomic E-state index is 12.8. The van der Waals surface area contributed by atoms with E-state index in [0.717, 1.165) is 32.2 Å². The predicted molar refractivity (Wildman–Crippen MR) is 123 cm³/mol. The fraction of sp³-hybridized carbons (Fsp3) is 0.455. The SMILES string of the molecule is C[C@@H]1[C@H](NC(=O)c2coc(C3CC3)n2)CCCN1c1cnc(C(N)=O)c(Nc2cnn(C)c2)n1. The van der Waals surface area contributed by atoms with Crippen LogP contribution in [-0.2, 0) is 7.05 Å². The normalized spacial score (nSPS) is 20.2. The average molecular weight is 466 g/mol. The summed E-state index contributed by atoms with van der Waals surface area (Å²) >= 11 is 0. The van der Waals surface area contributed by atoms with Gasteiger partial charge in [-0.25, -0.2) is 15.0 Å². The Hall–Kier alpha value is -3.96. The number of carbonyl (C=O) groups is 2. The van der Waals surface area contributed by atoms with Crippen molar-refractivity contribution >= 4 is 29.1 Å². The minimum Gasteiger partial charge on any atom is -0.448 e. The molecule has 2 atom stereocenters. The second kappa shape index (κ2) is 8.76. The summed E-state index contributed by atoms with van der Waals surface area (Å²) in [6.07, 6.45) is 10.1. The first-order valence-corrected chi connectivity index (χ1v) is 11.3. The molecule has 4 N–H and O–H groups in total. The molecule has 0 spiro atoms. The molecule has 12 heteroatoms. The summed E-state index contributed by atoms with van der Waals surface area (Å²) in [5.41, 5.74) is 6.51. The number of anilines is 3. The minimum absolute atomic E-state index is 0.0413. The number of nitrogens with one attached hydrogen (secondary N) is 2. The van der Waals surface area contributed by atoms with Crippen molar-refractivity contribution in [3.8, 4) is 0 Å². The predicted octanol–water partition coefficient (Wildman–Crippen LogP) is 1.71.